The number of anilines is 2. The van der Waals surface area contributed by atoms with Gasteiger partial charge in [0.25, 0.3) is 10.0 Å². The van der Waals surface area contributed by atoms with Crippen molar-refractivity contribution in [3.63, 3.8) is 0 Å². The fraction of sp³-hybridized carbons (Fsp3) is 0.333. The molecular weight excluding hydrogens is 360 g/mol. The fourth-order valence-electron chi connectivity index (χ4n) is 2.29. The molecule has 0 fully saturated rings. The van der Waals surface area contributed by atoms with Crippen LogP contribution in [0.3, 0.4) is 0 Å². The van der Waals surface area contributed by atoms with Crippen molar-refractivity contribution in [2.45, 2.75) is 31.1 Å². The summed E-state index contributed by atoms with van der Waals surface area (Å²) in [5.74, 6) is 0.430. The number of halogens is 1. The van der Waals surface area contributed by atoms with E-state index in [0.29, 0.717) is 11.4 Å². The summed E-state index contributed by atoms with van der Waals surface area (Å²) in [4.78, 5) is 0.0834. The third-order valence-corrected chi connectivity index (χ3v) is 5.35. The van der Waals surface area contributed by atoms with Gasteiger partial charge in [0.2, 0.25) is 0 Å². The number of hydrogen-bond acceptors (Lipinski definition) is 4. The van der Waals surface area contributed by atoms with Crippen LogP contribution in [0.1, 0.15) is 26.2 Å². The molecular formula is C18H23ClN2O3S. The van der Waals surface area contributed by atoms with Crippen LogP contribution >= 0.6 is 11.6 Å². The Hall–Kier alpha value is -1.92. The van der Waals surface area contributed by atoms with Crippen molar-refractivity contribution in [3.8, 4) is 5.75 Å². The second-order valence-electron chi connectivity index (χ2n) is 5.61. The lowest BCUT2D eigenvalue weighted by Crippen LogP contribution is -2.13. The molecule has 0 aliphatic rings. The Labute approximate surface area is 154 Å². The number of unbranched alkanes of at least 4 members (excludes halogenated alkanes) is 2. The molecule has 2 N–H and O–H groups in total. The maximum Gasteiger partial charge on any atom is 0.261 e. The summed E-state index contributed by atoms with van der Waals surface area (Å²) < 4.78 is 32.5. The number of ether oxygens (including phenoxy) is 1. The average Bonchev–Trinajstić information content (AvgIpc) is 2.60. The summed E-state index contributed by atoms with van der Waals surface area (Å²) in [6, 6.07) is 11.5. The van der Waals surface area contributed by atoms with E-state index < -0.39 is 10.0 Å². The van der Waals surface area contributed by atoms with E-state index in [1.165, 1.54) is 38.2 Å². The molecule has 0 saturated carbocycles. The lowest BCUT2D eigenvalue weighted by molar-refractivity contribution is 0.414. The van der Waals surface area contributed by atoms with Gasteiger partial charge in [-0.05, 0) is 48.9 Å². The van der Waals surface area contributed by atoms with E-state index in [4.69, 9.17) is 16.3 Å². The first-order valence-electron chi connectivity index (χ1n) is 8.16. The zero-order valence-corrected chi connectivity index (χ0v) is 16.0. The Balaban J connectivity index is 2.04. The van der Waals surface area contributed by atoms with E-state index in [9.17, 15) is 8.42 Å². The summed E-state index contributed by atoms with van der Waals surface area (Å²) in [5, 5.41) is 3.56. The molecule has 0 aliphatic carbocycles. The first-order valence-corrected chi connectivity index (χ1v) is 10.0. The molecule has 0 aliphatic heterocycles. The van der Waals surface area contributed by atoms with Gasteiger partial charge in [-0.25, -0.2) is 8.42 Å². The van der Waals surface area contributed by atoms with Crippen LogP contribution in [0, 0.1) is 0 Å². The molecule has 0 spiro atoms. The smallest absolute Gasteiger partial charge is 0.261 e. The van der Waals surface area contributed by atoms with E-state index in [1.807, 2.05) is 12.1 Å². The van der Waals surface area contributed by atoms with E-state index in [2.05, 4.69) is 17.0 Å². The highest BCUT2D eigenvalue weighted by atomic mass is 35.5. The Morgan fingerprint density at radius 2 is 1.72 bits per heavy atom. The summed E-state index contributed by atoms with van der Waals surface area (Å²) in [5.41, 5.74) is 1.46. The van der Waals surface area contributed by atoms with E-state index in [-0.39, 0.29) is 9.92 Å². The Morgan fingerprint density at radius 3 is 2.32 bits per heavy atom. The van der Waals surface area contributed by atoms with Crippen LogP contribution in [0.5, 0.6) is 5.75 Å². The van der Waals surface area contributed by atoms with Gasteiger partial charge in [0.1, 0.15) is 5.75 Å². The molecule has 0 atom stereocenters. The standard InChI is InChI=1S/C18H23ClN2O3S/c1-3-4-5-12-20-14-6-8-15(9-7-14)21-25(22,23)16-10-11-18(24-2)17(19)13-16/h6-11,13,20-21H,3-5,12H2,1-2H3. The molecule has 0 unspecified atom stereocenters. The number of methoxy groups -OCH3 is 1. The molecule has 0 aromatic heterocycles. The van der Waals surface area contributed by atoms with Gasteiger partial charge >= 0.3 is 0 Å². The molecule has 0 heterocycles. The molecule has 2 aromatic rings. The Kier molecular flexibility index (Phi) is 6.96. The second-order valence-corrected chi connectivity index (χ2v) is 7.70. The van der Waals surface area contributed by atoms with Crippen LogP contribution in [-0.4, -0.2) is 22.1 Å². The fourth-order valence-corrected chi connectivity index (χ4v) is 3.70. The largest absolute Gasteiger partial charge is 0.495 e. The minimum Gasteiger partial charge on any atom is -0.495 e. The van der Waals surface area contributed by atoms with Gasteiger partial charge in [0.05, 0.1) is 17.0 Å². The molecule has 0 saturated heterocycles. The molecule has 0 amide bonds. The van der Waals surface area contributed by atoms with Crippen molar-refractivity contribution in [2.24, 2.45) is 0 Å². The van der Waals surface area contributed by atoms with Crippen molar-refractivity contribution in [3.05, 3.63) is 47.5 Å². The third-order valence-electron chi connectivity index (χ3n) is 3.68. The van der Waals surface area contributed by atoms with Crippen LogP contribution in [0.4, 0.5) is 11.4 Å². The molecule has 2 rings (SSSR count). The summed E-state index contributed by atoms with van der Waals surface area (Å²) in [6.07, 6.45) is 3.48. The van der Waals surface area contributed by atoms with E-state index >= 15 is 0 Å². The lowest BCUT2D eigenvalue weighted by Gasteiger charge is -2.11. The Morgan fingerprint density at radius 1 is 1.04 bits per heavy atom. The van der Waals surface area contributed by atoms with Crippen molar-refractivity contribution < 1.29 is 13.2 Å². The molecule has 0 bridgehead atoms. The summed E-state index contributed by atoms with van der Waals surface area (Å²) >= 11 is 6.00. The van der Waals surface area contributed by atoms with Gasteiger partial charge < -0.3 is 10.1 Å². The zero-order valence-electron chi connectivity index (χ0n) is 14.4. The quantitative estimate of drug-likeness (QED) is 0.614. The zero-order chi connectivity index (χ0) is 18.3. The number of rotatable bonds is 9. The summed E-state index contributed by atoms with van der Waals surface area (Å²) in [7, 11) is -2.23. The second kappa shape index (κ2) is 8.97. The molecule has 0 radical (unpaired) electrons. The van der Waals surface area contributed by atoms with Crippen molar-refractivity contribution in [1.82, 2.24) is 0 Å². The predicted octanol–water partition coefficient (Wildman–Crippen LogP) is 4.75. The molecule has 7 heteroatoms. The molecule has 25 heavy (non-hydrogen) atoms. The monoisotopic (exact) mass is 382 g/mol. The number of benzene rings is 2. The highest BCUT2D eigenvalue weighted by Crippen LogP contribution is 2.28. The van der Waals surface area contributed by atoms with Gasteiger partial charge in [-0.3, -0.25) is 4.72 Å². The van der Waals surface area contributed by atoms with E-state index in [1.54, 1.807) is 12.1 Å². The highest BCUT2D eigenvalue weighted by Gasteiger charge is 2.16. The van der Waals surface area contributed by atoms with Crippen LogP contribution < -0.4 is 14.8 Å². The average molecular weight is 383 g/mol. The third kappa shape index (κ3) is 5.54. The van der Waals surface area contributed by atoms with Crippen LogP contribution in [0.15, 0.2) is 47.4 Å². The number of sulfonamides is 1. The SMILES string of the molecule is CCCCCNc1ccc(NS(=O)(=O)c2ccc(OC)c(Cl)c2)cc1. The first-order chi connectivity index (χ1) is 12.0. The van der Waals surface area contributed by atoms with Gasteiger partial charge in [-0.2, -0.15) is 0 Å². The first kappa shape index (κ1) is 19.4. The predicted molar refractivity (Wildman–Crippen MR) is 103 cm³/mol. The summed E-state index contributed by atoms with van der Waals surface area (Å²) in [6.45, 7) is 3.07. The molecule has 5 nitrogen and oxygen atoms in total. The maximum absolute atomic E-state index is 12.5. The van der Waals surface area contributed by atoms with Crippen molar-refractivity contribution in [2.75, 3.05) is 23.7 Å². The van der Waals surface area contributed by atoms with Gasteiger partial charge in [-0.15, -0.1) is 0 Å². The lowest BCUT2D eigenvalue weighted by atomic mass is 10.2. The Bertz CT molecular complexity index is 792. The highest BCUT2D eigenvalue weighted by molar-refractivity contribution is 7.92. The van der Waals surface area contributed by atoms with Gasteiger partial charge in [-0.1, -0.05) is 31.4 Å². The topological polar surface area (TPSA) is 67.4 Å². The normalized spacial score (nSPS) is 11.2. The van der Waals surface area contributed by atoms with Crippen molar-refractivity contribution >= 4 is 33.0 Å². The van der Waals surface area contributed by atoms with E-state index in [0.717, 1.165) is 18.7 Å². The number of hydrogen-bond donors (Lipinski definition) is 2. The van der Waals surface area contributed by atoms with Crippen LogP contribution in [0.2, 0.25) is 5.02 Å². The molecule has 136 valence electrons. The number of nitrogens with one attached hydrogen (secondary N) is 2. The minimum atomic E-state index is -3.71. The van der Waals surface area contributed by atoms with Crippen LogP contribution in [0.25, 0.3) is 0 Å². The van der Waals surface area contributed by atoms with Gasteiger partial charge in [0, 0.05) is 17.9 Å². The van der Waals surface area contributed by atoms with Gasteiger partial charge in [0.15, 0.2) is 0 Å². The minimum absolute atomic E-state index is 0.0834. The maximum atomic E-state index is 12.5. The molecule has 2 aromatic carbocycles. The van der Waals surface area contributed by atoms with Crippen LogP contribution in [-0.2, 0) is 10.0 Å². The van der Waals surface area contributed by atoms with Crippen molar-refractivity contribution in [1.29, 1.82) is 0 Å².